The summed E-state index contributed by atoms with van der Waals surface area (Å²) in [4.78, 5) is 18.0. The van der Waals surface area contributed by atoms with E-state index in [2.05, 4.69) is 173 Å². The summed E-state index contributed by atoms with van der Waals surface area (Å²) in [7, 11) is 0. The molecule has 0 saturated heterocycles. The van der Waals surface area contributed by atoms with E-state index < -0.39 is 0 Å². The maximum absolute atomic E-state index is 15.6. The number of hydrogen-bond acceptors (Lipinski definition) is 2. The number of fused-ring (bicyclic) bond motifs is 11. The van der Waals surface area contributed by atoms with Gasteiger partial charge in [-0.25, -0.2) is 0 Å². The van der Waals surface area contributed by atoms with Gasteiger partial charge in [-0.15, -0.1) is 0 Å². The van der Waals surface area contributed by atoms with Crippen LogP contribution in [0.3, 0.4) is 0 Å². The van der Waals surface area contributed by atoms with E-state index in [1.807, 2.05) is 28.8 Å². The molecule has 0 saturated carbocycles. The highest BCUT2D eigenvalue weighted by molar-refractivity contribution is 6.25. The molecule has 2 aliphatic rings. The van der Waals surface area contributed by atoms with Gasteiger partial charge < -0.3 is 9.47 Å². The SMILES string of the molecule is O=c1c2c(ccc3c2c2ccccc2n3-c2cccc(-c3ccccc3)c2)c2ccc3c(c2n1-c1ccccc1)C1C=CC=CC1N3c1ccccc1. The van der Waals surface area contributed by atoms with Gasteiger partial charge in [0.25, 0.3) is 5.56 Å². The smallest absolute Gasteiger partial charge is 0.264 e. The van der Waals surface area contributed by atoms with E-state index >= 15 is 4.79 Å². The Kier molecular flexibility index (Phi) is 6.49. The van der Waals surface area contributed by atoms with Gasteiger partial charge in [0.15, 0.2) is 0 Å². The van der Waals surface area contributed by atoms with Crippen LogP contribution in [0.1, 0.15) is 11.5 Å². The molecule has 9 aromatic rings. The van der Waals surface area contributed by atoms with E-state index in [1.54, 1.807) is 0 Å². The Morgan fingerprint density at radius 3 is 1.92 bits per heavy atom. The van der Waals surface area contributed by atoms with Crippen molar-refractivity contribution in [3.05, 3.63) is 204 Å². The van der Waals surface area contributed by atoms with E-state index in [0.717, 1.165) is 71.8 Å². The second kappa shape index (κ2) is 11.6. The van der Waals surface area contributed by atoms with Gasteiger partial charge in [-0.3, -0.25) is 9.36 Å². The van der Waals surface area contributed by atoms with Crippen molar-refractivity contribution < 1.29 is 0 Å². The molecule has 11 rings (SSSR count). The van der Waals surface area contributed by atoms with Gasteiger partial charge in [-0.2, -0.15) is 0 Å². The maximum atomic E-state index is 15.6. The number of rotatable bonds is 4. The summed E-state index contributed by atoms with van der Waals surface area (Å²) in [5.74, 6) is 0.0771. The van der Waals surface area contributed by atoms with Crippen molar-refractivity contribution in [2.75, 3.05) is 4.90 Å². The molecule has 0 spiro atoms. The van der Waals surface area contributed by atoms with Crippen LogP contribution in [0.15, 0.2) is 193 Å². The standard InChI is InChI=1S/C49H33N3O/c53-49-47-37(27-29-43-45(47)39-23-10-12-25-41(39)51(43)36-22-14-17-33(31-36)32-15-4-1-5-16-32)38-28-30-44-46(48(38)52(49)35-20-8-3-9-21-35)40-24-11-13-26-42(40)50(44)34-18-6-2-7-19-34/h1-31,40,42H. The largest absolute Gasteiger partial charge is 0.333 e. The third-order valence-corrected chi connectivity index (χ3v) is 11.2. The quantitative estimate of drug-likeness (QED) is 0.173. The van der Waals surface area contributed by atoms with Crippen LogP contribution < -0.4 is 10.5 Å². The highest BCUT2D eigenvalue weighted by Crippen LogP contribution is 2.51. The van der Waals surface area contributed by atoms with Crippen molar-refractivity contribution >= 4 is 54.9 Å². The van der Waals surface area contributed by atoms with Crippen LogP contribution in [0, 0.1) is 0 Å². The first-order valence-corrected chi connectivity index (χ1v) is 18.2. The fourth-order valence-electron chi connectivity index (χ4n) is 9.04. The zero-order chi connectivity index (χ0) is 35.0. The van der Waals surface area contributed by atoms with Gasteiger partial charge in [0.1, 0.15) is 0 Å². The molecule has 0 fully saturated rings. The number of nitrogens with zero attached hydrogens (tertiary/aromatic N) is 3. The van der Waals surface area contributed by atoms with Gasteiger partial charge in [0.05, 0.1) is 28.0 Å². The van der Waals surface area contributed by atoms with Gasteiger partial charge in [-0.05, 0) is 71.1 Å². The average Bonchev–Trinajstić information content (AvgIpc) is 3.75. The molecule has 1 aliphatic carbocycles. The Morgan fingerprint density at radius 2 is 1.11 bits per heavy atom. The summed E-state index contributed by atoms with van der Waals surface area (Å²) >= 11 is 0. The van der Waals surface area contributed by atoms with Crippen molar-refractivity contribution in [2.45, 2.75) is 12.0 Å². The van der Waals surface area contributed by atoms with E-state index in [9.17, 15) is 0 Å². The minimum absolute atomic E-state index is 0.0105. The minimum Gasteiger partial charge on any atom is -0.333 e. The molecule has 7 aromatic carbocycles. The molecule has 0 N–H and O–H groups in total. The molecule has 1 aliphatic heterocycles. The lowest BCUT2D eigenvalue weighted by Crippen LogP contribution is -2.28. The fourth-order valence-corrected chi connectivity index (χ4v) is 9.04. The van der Waals surface area contributed by atoms with Gasteiger partial charge in [0, 0.05) is 50.4 Å². The second-order valence-electron chi connectivity index (χ2n) is 14.0. The van der Waals surface area contributed by atoms with Crippen molar-refractivity contribution in [2.24, 2.45) is 0 Å². The average molecular weight is 680 g/mol. The topological polar surface area (TPSA) is 30.2 Å². The third-order valence-electron chi connectivity index (χ3n) is 11.2. The molecule has 3 heterocycles. The van der Waals surface area contributed by atoms with Gasteiger partial charge in [-0.1, -0.05) is 133 Å². The van der Waals surface area contributed by atoms with Gasteiger partial charge >= 0.3 is 0 Å². The monoisotopic (exact) mass is 679 g/mol. The van der Waals surface area contributed by atoms with Crippen molar-refractivity contribution in [1.29, 1.82) is 0 Å². The molecule has 250 valence electrons. The van der Waals surface area contributed by atoms with Crippen LogP contribution in [0.4, 0.5) is 11.4 Å². The molecule has 0 radical (unpaired) electrons. The van der Waals surface area contributed by atoms with Crippen LogP contribution >= 0.6 is 0 Å². The normalized spacial score (nSPS) is 16.2. The number of pyridine rings is 1. The van der Waals surface area contributed by atoms with Gasteiger partial charge in [0.2, 0.25) is 0 Å². The highest BCUT2D eigenvalue weighted by Gasteiger charge is 2.40. The van der Waals surface area contributed by atoms with E-state index in [4.69, 9.17) is 0 Å². The van der Waals surface area contributed by atoms with Crippen LogP contribution in [0.2, 0.25) is 0 Å². The molecule has 4 heteroatoms. The number of benzene rings is 7. The fraction of sp³-hybridized carbons (Fsp3) is 0.0408. The molecule has 2 atom stereocenters. The predicted molar refractivity (Wildman–Crippen MR) is 220 cm³/mol. The molecule has 0 amide bonds. The zero-order valence-corrected chi connectivity index (χ0v) is 28.8. The van der Waals surface area contributed by atoms with Crippen LogP contribution in [-0.4, -0.2) is 15.2 Å². The minimum atomic E-state index is -0.0105. The first-order chi connectivity index (χ1) is 26.3. The Hall–Kier alpha value is -6.91. The lowest BCUT2D eigenvalue weighted by molar-refractivity contribution is 0.745. The molecule has 4 nitrogen and oxygen atoms in total. The molecule has 2 aromatic heterocycles. The Balaban J connectivity index is 1.27. The molecular formula is C49H33N3O. The summed E-state index contributed by atoms with van der Waals surface area (Å²) < 4.78 is 4.31. The molecule has 2 unspecified atom stereocenters. The zero-order valence-electron chi connectivity index (χ0n) is 28.8. The Morgan fingerprint density at radius 1 is 0.453 bits per heavy atom. The van der Waals surface area contributed by atoms with Crippen molar-refractivity contribution in [3.8, 4) is 22.5 Å². The number of allylic oxidation sites excluding steroid dienone is 2. The van der Waals surface area contributed by atoms with Crippen LogP contribution in [-0.2, 0) is 0 Å². The van der Waals surface area contributed by atoms with E-state index in [1.165, 1.54) is 11.1 Å². The second-order valence-corrected chi connectivity index (χ2v) is 14.0. The first-order valence-electron chi connectivity index (χ1n) is 18.2. The van der Waals surface area contributed by atoms with E-state index in [-0.39, 0.29) is 17.5 Å². The molecule has 53 heavy (non-hydrogen) atoms. The number of hydrogen-bond donors (Lipinski definition) is 0. The highest BCUT2D eigenvalue weighted by atomic mass is 16.1. The summed E-state index contributed by atoms with van der Waals surface area (Å²) in [6.07, 6.45) is 8.89. The van der Waals surface area contributed by atoms with Crippen LogP contribution in [0.25, 0.3) is 66.0 Å². The number of para-hydroxylation sites is 3. The van der Waals surface area contributed by atoms with Crippen molar-refractivity contribution in [1.82, 2.24) is 9.13 Å². The number of anilines is 2. The maximum Gasteiger partial charge on any atom is 0.264 e. The lowest BCUT2D eigenvalue weighted by atomic mass is 9.88. The molecular weight excluding hydrogens is 647 g/mol. The number of aromatic nitrogens is 2. The van der Waals surface area contributed by atoms with E-state index in [0.29, 0.717) is 0 Å². The van der Waals surface area contributed by atoms with Crippen molar-refractivity contribution in [3.63, 3.8) is 0 Å². The Labute approximate surface area is 306 Å². The predicted octanol–water partition coefficient (Wildman–Crippen LogP) is 11.6. The third kappa shape index (κ3) is 4.33. The summed E-state index contributed by atoms with van der Waals surface area (Å²) in [6, 6.07) is 57.5. The lowest BCUT2D eigenvalue weighted by Gasteiger charge is -2.28. The van der Waals surface area contributed by atoms with Crippen LogP contribution in [0.5, 0.6) is 0 Å². The summed E-state index contributed by atoms with van der Waals surface area (Å²) in [5.41, 5.74) is 10.7. The molecule has 0 bridgehead atoms. The summed E-state index contributed by atoms with van der Waals surface area (Å²) in [6.45, 7) is 0. The Bertz CT molecular complexity index is 3030. The first kappa shape index (κ1) is 29.8. The summed E-state index contributed by atoms with van der Waals surface area (Å²) in [5, 5.41) is 4.82.